The van der Waals surface area contributed by atoms with Crippen molar-refractivity contribution >= 4 is 5.97 Å². The third-order valence-electron chi connectivity index (χ3n) is 3.52. The summed E-state index contributed by atoms with van der Waals surface area (Å²) in [5.74, 6) is 0.0292. The van der Waals surface area contributed by atoms with Crippen LogP contribution < -0.4 is 4.74 Å². The van der Waals surface area contributed by atoms with Crippen molar-refractivity contribution in [3.8, 4) is 5.75 Å². The zero-order valence-electron chi connectivity index (χ0n) is 14.0. The number of esters is 1. The number of hydrogen-bond acceptors (Lipinski definition) is 4. The minimum absolute atomic E-state index is 0.0144. The van der Waals surface area contributed by atoms with Gasteiger partial charge in [-0.25, -0.2) is 4.79 Å². The van der Waals surface area contributed by atoms with Gasteiger partial charge in [0, 0.05) is 6.42 Å². The SMILES string of the molecule is CCc1ccc(OCC(=O)O/C=C(\O)Cc2ccc(C)cc2)cc1. The Morgan fingerprint density at radius 2 is 1.67 bits per heavy atom. The summed E-state index contributed by atoms with van der Waals surface area (Å²) < 4.78 is 10.2. The van der Waals surface area contributed by atoms with Crippen LogP contribution in [0, 0.1) is 6.92 Å². The molecule has 0 radical (unpaired) electrons. The van der Waals surface area contributed by atoms with Crippen LogP contribution in [0.3, 0.4) is 0 Å². The molecule has 0 bridgehead atoms. The summed E-state index contributed by atoms with van der Waals surface area (Å²) in [7, 11) is 0. The van der Waals surface area contributed by atoms with Gasteiger partial charge >= 0.3 is 5.97 Å². The fourth-order valence-electron chi connectivity index (χ4n) is 2.09. The fraction of sp³-hybridized carbons (Fsp3) is 0.250. The van der Waals surface area contributed by atoms with E-state index in [0.29, 0.717) is 12.2 Å². The lowest BCUT2D eigenvalue weighted by molar-refractivity contribution is -0.140. The summed E-state index contributed by atoms with van der Waals surface area (Å²) in [6.45, 7) is 3.86. The lowest BCUT2D eigenvalue weighted by Crippen LogP contribution is -2.12. The molecule has 2 rings (SSSR count). The maximum atomic E-state index is 11.6. The molecule has 0 saturated carbocycles. The maximum absolute atomic E-state index is 11.6. The van der Waals surface area contributed by atoms with Crippen molar-refractivity contribution < 1.29 is 19.4 Å². The molecule has 0 aliphatic heterocycles. The third kappa shape index (κ3) is 5.80. The number of hydrogen-bond donors (Lipinski definition) is 1. The average molecular weight is 326 g/mol. The van der Waals surface area contributed by atoms with E-state index in [2.05, 4.69) is 6.92 Å². The van der Waals surface area contributed by atoms with E-state index in [1.807, 2.05) is 55.5 Å². The van der Waals surface area contributed by atoms with Crippen LogP contribution in [0.5, 0.6) is 5.75 Å². The fourth-order valence-corrected chi connectivity index (χ4v) is 2.09. The molecule has 4 nitrogen and oxygen atoms in total. The first-order chi connectivity index (χ1) is 11.6. The highest BCUT2D eigenvalue weighted by Crippen LogP contribution is 2.12. The number of ether oxygens (including phenoxy) is 2. The van der Waals surface area contributed by atoms with E-state index < -0.39 is 5.97 Å². The molecule has 2 aromatic rings. The number of allylic oxidation sites excluding steroid dienone is 1. The summed E-state index contributed by atoms with van der Waals surface area (Å²) in [6, 6.07) is 15.3. The van der Waals surface area contributed by atoms with Crippen molar-refractivity contribution in [2.24, 2.45) is 0 Å². The predicted octanol–water partition coefficient (Wildman–Crippen LogP) is 4.12. The van der Waals surface area contributed by atoms with Gasteiger partial charge < -0.3 is 14.6 Å². The van der Waals surface area contributed by atoms with Gasteiger partial charge in [-0.2, -0.15) is 0 Å². The molecular weight excluding hydrogens is 304 g/mol. The summed E-state index contributed by atoms with van der Waals surface area (Å²) in [6.07, 6.45) is 2.33. The topological polar surface area (TPSA) is 55.8 Å². The molecule has 24 heavy (non-hydrogen) atoms. The molecule has 0 unspecified atom stereocenters. The highest BCUT2D eigenvalue weighted by molar-refractivity contribution is 5.71. The molecule has 4 heteroatoms. The number of aliphatic hydroxyl groups excluding tert-OH is 1. The Bertz CT molecular complexity index is 685. The second-order valence-corrected chi connectivity index (χ2v) is 5.55. The van der Waals surface area contributed by atoms with Gasteiger partial charge in [-0.3, -0.25) is 0 Å². The van der Waals surface area contributed by atoms with Crippen LogP contribution in [0.15, 0.2) is 60.6 Å². The molecule has 0 saturated heterocycles. The van der Waals surface area contributed by atoms with Gasteiger partial charge in [-0.05, 0) is 36.6 Å². The Labute approximate surface area is 142 Å². The first-order valence-electron chi connectivity index (χ1n) is 7.91. The van der Waals surface area contributed by atoms with Crippen LogP contribution in [0.2, 0.25) is 0 Å². The number of aliphatic hydroxyl groups is 1. The Morgan fingerprint density at radius 3 is 2.29 bits per heavy atom. The average Bonchev–Trinajstić information content (AvgIpc) is 2.60. The molecule has 1 N–H and O–H groups in total. The Kier molecular flexibility index (Phi) is 6.43. The quantitative estimate of drug-likeness (QED) is 0.614. The standard InChI is InChI=1S/C20H22O4/c1-3-16-8-10-19(11-9-16)23-14-20(22)24-13-18(21)12-17-6-4-15(2)5-7-17/h4-11,13,21H,3,12,14H2,1-2H3/b18-13-. The zero-order chi connectivity index (χ0) is 17.4. The maximum Gasteiger partial charge on any atom is 0.349 e. The number of carbonyl (C=O) groups is 1. The molecule has 0 heterocycles. The van der Waals surface area contributed by atoms with Crippen LogP contribution in [-0.2, 0) is 22.4 Å². The first kappa shape index (κ1) is 17.6. The summed E-state index contributed by atoms with van der Waals surface area (Å²) in [4.78, 5) is 11.6. The largest absolute Gasteiger partial charge is 0.509 e. The highest BCUT2D eigenvalue weighted by atomic mass is 16.6. The molecule has 0 aliphatic carbocycles. The van der Waals surface area contributed by atoms with Crippen molar-refractivity contribution in [3.63, 3.8) is 0 Å². The number of rotatable bonds is 7. The van der Waals surface area contributed by atoms with Gasteiger partial charge in [0.05, 0.1) is 0 Å². The molecule has 126 valence electrons. The normalized spacial score (nSPS) is 11.2. The van der Waals surface area contributed by atoms with Crippen molar-refractivity contribution in [1.29, 1.82) is 0 Å². The first-order valence-corrected chi connectivity index (χ1v) is 7.91. The molecular formula is C20H22O4. The van der Waals surface area contributed by atoms with Crippen molar-refractivity contribution in [3.05, 3.63) is 77.2 Å². The van der Waals surface area contributed by atoms with Crippen molar-refractivity contribution in [1.82, 2.24) is 0 Å². The summed E-state index contributed by atoms with van der Waals surface area (Å²) in [5.41, 5.74) is 3.30. The molecule has 0 atom stereocenters. The second kappa shape index (κ2) is 8.77. The van der Waals surface area contributed by atoms with E-state index in [0.717, 1.165) is 23.8 Å². The number of benzene rings is 2. The Hall–Kier alpha value is -2.75. The van der Waals surface area contributed by atoms with E-state index in [-0.39, 0.29) is 12.4 Å². The van der Waals surface area contributed by atoms with Gasteiger partial charge in [0.1, 0.15) is 17.8 Å². The van der Waals surface area contributed by atoms with Gasteiger partial charge in [-0.1, -0.05) is 48.9 Å². The van der Waals surface area contributed by atoms with Gasteiger partial charge in [0.25, 0.3) is 0 Å². The van der Waals surface area contributed by atoms with E-state index in [9.17, 15) is 9.90 Å². The minimum Gasteiger partial charge on any atom is -0.509 e. The van der Waals surface area contributed by atoms with E-state index in [1.54, 1.807) is 0 Å². The molecule has 0 aliphatic rings. The van der Waals surface area contributed by atoms with Crippen LogP contribution in [0.4, 0.5) is 0 Å². The van der Waals surface area contributed by atoms with Gasteiger partial charge in [-0.15, -0.1) is 0 Å². The minimum atomic E-state index is -0.565. The lowest BCUT2D eigenvalue weighted by Gasteiger charge is -2.06. The number of aryl methyl sites for hydroxylation is 2. The molecule has 0 fully saturated rings. The van der Waals surface area contributed by atoms with E-state index in [1.165, 1.54) is 5.56 Å². The van der Waals surface area contributed by atoms with Gasteiger partial charge in [0.15, 0.2) is 6.61 Å². The number of carbonyl (C=O) groups excluding carboxylic acids is 1. The highest BCUT2D eigenvalue weighted by Gasteiger charge is 2.05. The molecule has 2 aromatic carbocycles. The third-order valence-corrected chi connectivity index (χ3v) is 3.52. The van der Waals surface area contributed by atoms with Crippen LogP contribution in [-0.4, -0.2) is 17.7 Å². The van der Waals surface area contributed by atoms with Crippen LogP contribution in [0.1, 0.15) is 23.6 Å². The van der Waals surface area contributed by atoms with Gasteiger partial charge in [0.2, 0.25) is 0 Å². The lowest BCUT2D eigenvalue weighted by atomic mass is 10.1. The molecule has 0 aromatic heterocycles. The van der Waals surface area contributed by atoms with E-state index >= 15 is 0 Å². The monoisotopic (exact) mass is 326 g/mol. The molecule has 0 amide bonds. The second-order valence-electron chi connectivity index (χ2n) is 5.55. The van der Waals surface area contributed by atoms with E-state index in [4.69, 9.17) is 9.47 Å². The Balaban J connectivity index is 1.77. The summed E-state index contributed by atoms with van der Waals surface area (Å²) in [5, 5.41) is 9.81. The predicted molar refractivity (Wildman–Crippen MR) is 93.0 cm³/mol. The summed E-state index contributed by atoms with van der Waals surface area (Å²) >= 11 is 0. The van der Waals surface area contributed by atoms with Crippen LogP contribution >= 0.6 is 0 Å². The van der Waals surface area contributed by atoms with Crippen LogP contribution in [0.25, 0.3) is 0 Å². The Morgan fingerprint density at radius 1 is 1.04 bits per heavy atom. The van der Waals surface area contributed by atoms with Crippen molar-refractivity contribution in [2.75, 3.05) is 6.61 Å². The zero-order valence-corrected chi connectivity index (χ0v) is 14.0. The molecule has 0 spiro atoms. The smallest absolute Gasteiger partial charge is 0.349 e. The van der Waals surface area contributed by atoms with Crippen molar-refractivity contribution in [2.45, 2.75) is 26.7 Å².